The molecule has 1 aliphatic heterocycles. The lowest BCUT2D eigenvalue weighted by atomic mass is 10.0. The van der Waals surface area contributed by atoms with Gasteiger partial charge < -0.3 is 19.9 Å². The van der Waals surface area contributed by atoms with Gasteiger partial charge in [-0.1, -0.05) is 12.1 Å². The van der Waals surface area contributed by atoms with E-state index in [0.717, 1.165) is 56.1 Å². The summed E-state index contributed by atoms with van der Waals surface area (Å²) in [6.45, 7) is 3.02. The first kappa shape index (κ1) is 14.2. The molecule has 0 saturated carbocycles. The van der Waals surface area contributed by atoms with Crippen molar-refractivity contribution in [3.8, 4) is 11.5 Å². The molecule has 1 aliphatic rings. The second-order valence-electron chi connectivity index (χ2n) is 4.85. The molecule has 0 spiro atoms. The van der Waals surface area contributed by atoms with Crippen molar-refractivity contribution in [2.24, 2.45) is 11.7 Å². The Morgan fingerprint density at radius 2 is 2.11 bits per heavy atom. The lowest BCUT2D eigenvalue weighted by molar-refractivity contribution is 0.0492. The lowest BCUT2D eigenvalue weighted by Gasteiger charge is -2.23. The highest BCUT2D eigenvalue weighted by molar-refractivity contribution is 5.46. The molecule has 1 heterocycles. The van der Waals surface area contributed by atoms with Gasteiger partial charge in [0.25, 0.3) is 0 Å². The predicted molar refractivity (Wildman–Crippen MR) is 74.8 cm³/mol. The molecule has 0 amide bonds. The van der Waals surface area contributed by atoms with E-state index in [2.05, 4.69) is 6.07 Å². The largest absolute Gasteiger partial charge is 0.493 e. The van der Waals surface area contributed by atoms with E-state index in [1.165, 1.54) is 0 Å². The van der Waals surface area contributed by atoms with Crippen LogP contribution in [0.3, 0.4) is 0 Å². The molecule has 4 nitrogen and oxygen atoms in total. The normalized spacial score (nSPS) is 16.3. The Kier molecular flexibility index (Phi) is 5.48. The Hall–Kier alpha value is -1.26. The minimum atomic E-state index is 0.574. The monoisotopic (exact) mass is 265 g/mol. The van der Waals surface area contributed by atoms with Crippen LogP contribution < -0.4 is 15.2 Å². The number of benzene rings is 1. The minimum absolute atomic E-state index is 0.574. The van der Waals surface area contributed by atoms with Crippen molar-refractivity contribution in [3.63, 3.8) is 0 Å². The number of rotatable bonds is 6. The van der Waals surface area contributed by atoms with Crippen LogP contribution in [0.1, 0.15) is 18.4 Å². The molecule has 0 radical (unpaired) electrons. The van der Waals surface area contributed by atoms with Crippen LogP contribution in [0, 0.1) is 5.92 Å². The van der Waals surface area contributed by atoms with Gasteiger partial charge in [0.15, 0.2) is 11.5 Å². The Morgan fingerprint density at radius 3 is 2.79 bits per heavy atom. The van der Waals surface area contributed by atoms with E-state index >= 15 is 0 Å². The zero-order valence-electron chi connectivity index (χ0n) is 11.6. The fourth-order valence-electron chi connectivity index (χ4n) is 2.35. The van der Waals surface area contributed by atoms with Crippen molar-refractivity contribution < 1.29 is 14.2 Å². The second kappa shape index (κ2) is 7.36. The molecule has 106 valence electrons. The fraction of sp³-hybridized carbons (Fsp3) is 0.600. The molecule has 1 aromatic carbocycles. The zero-order chi connectivity index (χ0) is 13.5. The summed E-state index contributed by atoms with van der Waals surface area (Å²) in [4.78, 5) is 0. The van der Waals surface area contributed by atoms with Gasteiger partial charge in [-0.3, -0.25) is 0 Å². The van der Waals surface area contributed by atoms with Gasteiger partial charge in [0.2, 0.25) is 0 Å². The van der Waals surface area contributed by atoms with E-state index in [1.54, 1.807) is 7.11 Å². The average Bonchev–Trinajstić information content (AvgIpc) is 2.47. The number of para-hydroxylation sites is 1. The van der Waals surface area contributed by atoms with Gasteiger partial charge in [0.1, 0.15) is 0 Å². The molecular weight excluding hydrogens is 242 g/mol. The number of nitrogens with two attached hydrogens (primary N) is 1. The van der Waals surface area contributed by atoms with Crippen molar-refractivity contribution in [3.05, 3.63) is 23.8 Å². The number of hydrogen-bond acceptors (Lipinski definition) is 4. The van der Waals surface area contributed by atoms with Crippen LogP contribution in [0.15, 0.2) is 18.2 Å². The Labute approximate surface area is 114 Å². The summed E-state index contributed by atoms with van der Waals surface area (Å²) >= 11 is 0. The third kappa shape index (κ3) is 3.85. The zero-order valence-corrected chi connectivity index (χ0v) is 11.6. The minimum Gasteiger partial charge on any atom is -0.493 e. The molecule has 0 bridgehead atoms. The van der Waals surface area contributed by atoms with Gasteiger partial charge in [-0.25, -0.2) is 0 Å². The van der Waals surface area contributed by atoms with Crippen LogP contribution in [-0.2, 0) is 11.2 Å². The summed E-state index contributed by atoms with van der Waals surface area (Å²) in [5, 5.41) is 0. The first-order valence-corrected chi connectivity index (χ1v) is 6.91. The maximum Gasteiger partial charge on any atom is 0.164 e. The van der Waals surface area contributed by atoms with Gasteiger partial charge in [0.05, 0.1) is 13.7 Å². The van der Waals surface area contributed by atoms with Gasteiger partial charge >= 0.3 is 0 Å². The van der Waals surface area contributed by atoms with E-state index < -0.39 is 0 Å². The summed E-state index contributed by atoms with van der Waals surface area (Å²) in [7, 11) is 1.67. The molecule has 1 fully saturated rings. The Bertz CT molecular complexity index is 389. The molecule has 0 aromatic heterocycles. The van der Waals surface area contributed by atoms with Crippen LogP contribution in [0.4, 0.5) is 0 Å². The first-order chi connectivity index (χ1) is 9.35. The maximum absolute atomic E-state index is 6.02. The standard InChI is InChI=1S/C15H23NO3/c1-17-14-4-2-3-13(5-8-16)15(14)19-11-12-6-9-18-10-7-12/h2-4,12H,5-11,16H2,1H3. The quantitative estimate of drug-likeness (QED) is 0.854. The van der Waals surface area contributed by atoms with E-state index in [1.807, 2.05) is 12.1 Å². The topological polar surface area (TPSA) is 53.7 Å². The predicted octanol–water partition coefficient (Wildman–Crippen LogP) is 2.00. The SMILES string of the molecule is COc1cccc(CCN)c1OCC1CCOCC1. The molecule has 0 aliphatic carbocycles. The molecule has 2 N–H and O–H groups in total. The van der Waals surface area contributed by atoms with Crippen LogP contribution in [0.25, 0.3) is 0 Å². The number of ether oxygens (including phenoxy) is 3. The first-order valence-electron chi connectivity index (χ1n) is 6.91. The molecule has 0 atom stereocenters. The molecule has 19 heavy (non-hydrogen) atoms. The van der Waals surface area contributed by atoms with Crippen molar-refractivity contribution in [1.82, 2.24) is 0 Å². The van der Waals surface area contributed by atoms with E-state index in [9.17, 15) is 0 Å². The van der Waals surface area contributed by atoms with Gasteiger partial charge in [-0.05, 0) is 43.4 Å². The van der Waals surface area contributed by atoms with Gasteiger partial charge in [0, 0.05) is 13.2 Å². The van der Waals surface area contributed by atoms with Crippen molar-refractivity contribution in [2.75, 3.05) is 33.5 Å². The molecule has 1 saturated heterocycles. The molecule has 2 rings (SSSR count). The number of methoxy groups -OCH3 is 1. The van der Waals surface area contributed by atoms with Crippen LogP contribution in [0.2, 0.25) is 0 Å². The second-order valence-corrected chi connectivity index (χ2v) is 4.85. The maximum atomic E-state index is 6.02. The van der Waals surface area contributed by atoms with Crippen LogP contribution in [0.5, 0.6) is 11.5 Å². The summed E-state index contributed by atoms with van der Waals surface area (Å²) in [5.41, 5.74) is 6.77. The number of hydrogen-bond donors (Lipinski definition) is 1. The van der Waals surface area contributed by atoms with Crippen molar-refractivity contribution in [1.29, 1.82) is 0 Å². The molecular formula is C15H23NO3. The molecule has 4 heteroatoms. The summed E-state index contributed by atoms with van der Waals surface area (Å²) in [6, 6.07) is 5.96. The average molecular weight is 265 g/mol. The summed E-state index contributed by atoms with van der Waals surface area (Å²) in [5.74, 6) is 2.21. The third-order valence-electron chi connectivity index (χ3n) is 3.50. The van der Waals surface area contributed by atoms with Crippen LogP contribution in [-0.4, -0.2) is 33.5 Å². The third-order valence-corrected chi connectivity index (χ3v) is 3.50. The van der Waals surface area contributed by atoms with Gasteiger partial charge in [-0.15, -0.1) is 0 Å². The van der Waals surface area contributed by atoms with E-state index in [-0.39, 0.29) is 0 Å². The summed E-state index contributed by atoms with van der Waals surface area (Å²) < 4.78 is 16.8. The molecule has 0 unspecified atom stereocenters. The highest BCUT2D eigenvalue weighted by Crippen LogP contribution is 2.32. The van der Waals surface area contributed by atoms with E-state index in [4.69, 9.17) is 19.9 Å². The fourth-order valence-corrected chi connectivity index (χ4v) is 2.35. The van der Waals surface area contributed by atoms with Crippen LogP contribution >= 0.6 is 0 Å². The smallest absolute Gasteiger partial charge is 0.164 e. The highest BCUT2D eigenvalue weighted by Gasteiger charge is 2.17. The lowest BCUT2D eigenvalue weighted by Crippen LogP contribution is -2.22. The van der Waals surface area contributed by atoms with Crippen molar-refractivity contribution >= 4 is 0 Å². The highest BCUT2D eigenvalue weighted by atomic mass is 16.5. The summed E-state index contributed by atoms with van der Waals surface area (Å²) in [6.07, 6.45) is 2.95. The van der Waals surface area contributed by atoms with Crippen molar-refractivity contribution in [2.45, 2.75) is 19.3 Å². The molecule has 1 aromatic rings. The Morgan fingerprint density at radius 1 is 1.32 bits per heavy atom. The van der Waals surface area contributed by atoms with Gasteiger partial charge in [-0.2, -0.15) is 0 Å². The van der Waals surface area contributed by atoms with E-state index in [0.29, 0.717) is 12.5 Å². The Balaban J connectivity index is 2.03.